The van der Waals surface area contributed by atoms with E-state index >= 15 is 0 Å². The number of aromatic nitrogens is 1. The Morgan fingerprint density at radius 3 is 2.32 bits per heavy atom. The summed E-state index contributed by atoms with van der Waals surface area (Å²) in [5, 5.41) is 2.56. The molecule has 25 heavy (non-hydrogen) atoms. The molecular formula is C16H13F3N2O4. The van der Waals surface area contributed by atoms with Gasteiger partial charge in [-0.1, -0.05) is 0 Å². The van der Waals surface area contributed by atoms with E-state index in [0.717, 1.165) is 12.3 Å². The number of nitrogens with zero attached hydrogens (tertiary/aromatic N) is 1. The van der Waals surface area contributed by atoms with E-state index in [0.29, 0.717) is 5.69 Å². The molecule has 1 heterocycles. The molecule has 0 radical (unpaired) electrons. The minimum atomic E-state index is -4.47. The average molecular weight is 354 g/mol. The highest BCUT2D eigenvalue weighted by molar-refractivity contribution is 5.91. The number of halogens is 3. The van der Waals surface area contributed by atoms with Gasteiger partial charge in [0.15, 0.2) is 6.61 Å². The number of amides is 1. The van der Waals surface area contributed by atoms with Crippen molar-refractivity contribution < 1.29 is 32.2 Å². The zero-order chi connectivity index (χ0) is 18.4. The van der Waals surface area contributed by atoms with Crippen LogP contribution in [-0.4, -0.2) is 29.6 Å². The van der Waals surface area contributed by atoms with Crippen LogP contribution in [0.2, 0.25) is 0 Å². The van der Waals surface area contributed by atoms with Crippen LogP contribution in [0, 0.1) is 0 Å². The second-order valence-corrected chi connectivity index (χ2v) is 4.88. The first-order valence-corrected chi connectivity index (χ1v) is 6.98. The van der Waals surface area contributed by atoms with Gasteiger partial charge in [0.2, 0.25) is 11.8 Å². The molecule has 0 unspecified atom stereocenters. The molecule has 0 atom stereocenters. The zero-order valence-electron chi connectivity index (χ0n) is 13.0. The van der Waals surface area contributed by atoms with E-state index in [4.69, 9.17) is 4.74 Å². The number of esters is 1. The summed E-state index contributed by atoms with van der Waals surface area (Å²) in [7, 11) is 0. The van der Waals surface area contributed by atoms with Crippen molar-refractivity contribution in [3.63, 3.8) is 0 Å². The molecule has 0 aliphatic carbocycles. The SMILES string of the molecule is CC(=O)Nc1ccc(OC(=O)c2ccc(OCC(F)(F)F)nc2)cc1. The summed E-state index contributed by atoms with van der Waals surface area (Å²) in [6.07, 6.45) is -3.41. The van der Waals surface area contributed by atoms with Gasteiger partial charge in [0, 0.05) is 24.9 Å². The largest absolute Gasteiger partial charge is 0.468 e. The summed E-state index contributed by atoms with van der Waals surface area (Å²) in [5.74, 6) is -0.990. The first kappa shape index (κ1) is 18.2. The molecule has 132 valence electrons. The summed E-state index contributed by atoms with van der Waals surface area (Å²) in [6, 6.07) is 8.45. The van der Waals surface area contributed by atoms with Crippen LogP contribution in [0.3, 0.4) is 0 Å². The van der Waals surface area contributed by atoms with Crippen LogP contribution in [0.4, 0.5) is 18.9 Å². The number of hydrogen-bond donors (Lipinski definition) is 1. The van der Waals surface area contributed by atoms with Crippen molar-refractivity contribution in [2.75, 3.05) is 11.9 Å². The maximum atomic E-state index is 12.0. The summed E-state index contributed by atoms with van der Waals surface area (Å²) in [4.78, 5) is 26.5. The number of anilines is 1. The zero-order valence-corrected chi connectivity index (χ0v) is 13.0. The van der Waals surface area contributed by atoms with Gasteiger partial charge in [-0.25, -0.2) is 9.78 Å². The van der Waals surface area contributed by atoms with Crippen LogP contribution >= 0.6 is 0 Å². The fourth-order valence-electron chi connectivity index (χ4n) is 1.72. The molecule has 2 rings (SSSR count). The van der Waals surface area contributed by atoms with E-state index in [9.17, 15) is 22.8 Å². The Hall–Kier alpha value is -3.10. The van der Waals surface area contributed by atoms with Crippen LogP contribution in [0.15, 0.2) is 42.6 Å². The van der Waals surface area contributed by atoms with Crippen molar-refractivity contribution >= 4 is 17.6 Å². The highest BCUT2D eigenvalue weighted by Gasteiger charge is 2.28. The molecule has 1 aromatic carbocycles. The van der Waals surface area contributed by atoms with Crippen LogP contribution in [0.25, 0.3) is 0 Å². The Morgan fingerprint density at radius 2 is 1.80 bits per heavy atom. The van der Waals surface area contributed by atoms with Crippen LogP contribution in [0.1, 0.15) is 17.3 Å². The van der Waals surface area contributed by atoms with Crippen LogP contribution in [0.5, 0.6) is 11.6 Å². The molecule has 1 aromatic heterocycles. The van der Waals surface area contributed by atoms with E-state index in [1.807, 2.05) is 0 Å². The third-order valence-corrected chi connectivity index (χ3v) is 2.74. The highest BCUT2D eigenvalue weighted by atomic mass is 19.4. The second-order valence-electron chi connectivity index (χ2n) is 4.88. The highest BCUT2D eigenvalue weighted by Crippen LogP contribution is 2.19. The maximum Gasteiger partial charge on any atom is 0.422 e. The number of hydrogen-bond acceptors (Lipinski definition) is 5. The predicted molar refractivity (Wildman–Crippen MR) is 81.5 cm³/mol. The molecule has 0 bridgehead atoms. The van der Waals surface area contributed by atoms with Gasteiger partial charge in [0.1, 0.15) is 5.75 Å². The molecule has 0 saturated heterocycles. The lowest BCUT2D eigenvalue weighted by molar-refractivity contribution is -0.154. The number of nitrogens with one attached hydrogen (secondary N) is 1. The molecule has 0 fully saturated rings. The van der Waals surface area contributed by atoms with Crippen molar-refractivity contribution in [2.45, 2.75) is 13.1 Å². The van der Waals surface area contributed by atoms with Crippen molar-refractivity contribution in [2.24, 2.45) is 0 Å². The van der Waals surface area contributed by atoms with E-state index in [2.05, 4.69) is 15.0 Å². The monoisotopic (exact) mass is 354 g/mol. The van der Waals surface area contributed by atoms with Gasteiger partial charge in [0.25, 0.3) is 0 Å². The second kappa shape index (κ2) is 7.65. The standard InChI is InChI=1S/C16H13F3N2O4/c1-10(22)21-12-3-5-13(6-4-12)25-15(23)11-2-7-14(20-8-11)24-9-16(17,18)19/h2-8H,9H2,1H3,(H,21,22). The topological polar surface area (TPSA) is 77.5 Å². The molecule has 2 aromatic rings. The first-order valence-electron chi connectivity index (χ1n) is 6.98. The molecule has 0 aliphatic heterocycles. The molecule has 9 heteroatoms. The van der Waals surface area contributed by atoms with Crippen molar-refractivity contribution in [1.29, 1.82) is 0 Å². The minimum Gasteiger partial charge on any atom is -0.468 e. The van der Waals surface area contributed by atoms with Gasteiger partial charge in [-0.15, -0.1) is 0 Å². The molecule has 6 nitrogen and oxygen atoms in total. The number of pyridine rings is 1. The Labute approximate surface area is 140 Å². The van der Waals surface area contributed by atoms with Crippen LogP contribution < -0.4 is 14.8 Å². The predicted octanol–water partition coefficient (Wildman–Crippen LogP) is 3.20. The smallest absolute Gasteiger partial charge is 0.422 e. The number of carbonyl (C=O) groups excluding carboxylic acids is 2. The number of ether oxygens (including phenoxy) is 2. The molecule has 0 spiro atoms. The summed E-state index contributed by atoms with van der Waals surface area (Å²) < 4.78 is 45.7. The lowest BCUT2D eigenvalue weighted by Gasteiger charge is -2.09. The Morgan fingerprint density at radius 1 is 1.12 bits per heavy atom. The van der Waals surface area contributed by atoms with E-state index in [-0.39, 0.29) is 23.1 Å². The molecular weight excluding hydrogens is 341 g/mol. The third kappa shape index (κ3) is 6.13. The number of carbonyl (C=O) groups is 2. The summed E-state index contributed by atoms with van der Waals surface area (Å²) >= 11 is 0. The Bertz CT molecular complexity index is 743. The van der Waals surface area contributed by atoms with Crippen molar-refractivity contribution in [3.05, 3.63) is 48.2 Å². The quantitative estimate of drug-likeness (QED) is 0.659. The normalized spacial score (nSPS) is 10.9. The number of benzene rings is 1. The van der Waals surface area contributed by atoms with Gasteiger partial charge in [-0.05, 0) is 30.3 Å². The van der Waals surface area contributed by atoms with Gasteiger partial charge in [-0.3, -0.25) is 4.79 Å². The molecule has 1 amide bonds. The van der Waals surface area contributed by atoms with Crippen LogP contribution in [-0.2, 0) is 4.79 Å². The summed E-state index contributed by atoms with van der Waals surface area (Å²) in [6.45, 7) is -0.104. The molecule has 1 N–H and O–H groups in total. The van der Waals surface area contributed by atoms with E-state index < -0.39 is 18.8 Å². The van der Waals surface area contributed by atoms with Gasteiger partial charge in [0.05, 0.1) is 5.56 Å². The molecule has 0 saturated carbocycles. The van der Waals surface area contributed by atoms with E-state index in [1.54, 1.807) is 12.1 Å². The van der Waals surface area contributed by atoms with Gasteiger partial charge >= 0.3 is 12.1 Å². The number of rotatable bonds is 5. The Kier molecular flexibility index (Phi) is 5.58. The van der Waals surface area contributed by atoms with Gasteiger partial charge < -0.3 is 14.8 Å². The number of alkyl halides is 3. The van der Waals surface area contributed by atoms with Gasteiger partial charge in [-0.2, -0.15) is 13.2 Å². The Balaban J connectivity index is 1.95. The third-order valence-electron chi connectivity index (χ3n) is 2.74. The minimum absolute atomic E-state index is 0.0466. The fourth-order valence-corrected chi connectivity index (χ4v) is 1.72. The van der Waals surface area contributed by atoms with Crippen molar-refractivity contribution in [1.82, 2.24) is 4.98 Å². The first-order chi connectivity index (χ1) is 11.7. The van der Waals surface area contributed by atoms with E-state index in [1.165, 1.54) is 25.1 Å². The maximum absolute atomic E-state index is 12.0. The fraction of sp³-hybridized carbons (Fsp3) is 0.188. The van der Waals surface area contributed by atoms with Crippen molar-refractivity contribution in [3.8, 4) is 11.6 Å². The summed E-state index contributed by atoms with van der Waals surface area (Å²) in [5.41, 5.74) is 0.588. The average Bonchev–Trinajstić information content (AvgIpc) is 2.54. The molecule has 0 aliphatic rings. The lowest BCUT2D eigenvalue weighted by Crippen LogP contribution is -2.19. The lowest BCUT2D eigenvalue weighted by atomic mass is 10.2.